The summed E-state index contributed by atoms with van der Waals surface area (Å²) < 4.78 is 7.35. The van der Waals surface area contributed by atoms with Gasteiger partial charge in [0.25, 0.3) is 0 Å². The lowest BCUT2D eigenvalue weighted by Crippen LogP contribution is -2.23. The van der Waals surface area contributed by atoms with Crippen LogP contribution >= 0.6 is 0 Å². The zero-order valence-corrected chi connectivity index (χ0v) is 10.1. The molecule has 0 radical (unpaired) electrons. The van der Waals surface area contributed by atoms with Gasteiger partial charge in [0, 0.05) is 0 Å². The van der Waals surface area contributed by atoms with Crippen LogP contribution in [-0.4, -0.2) is 38.2 Å². The number of aromatic nitrogens is 5. The van der Waals surface area contributed by atoms with Gasteiger partial charge in [-0.05, 0) is 41.6 Å². The van der Waals surface area contributed by atoms with Crippen LogP contribution in [0.4, 0.5) is 0 Å². The Bertz CT molecular complexity index is 527. The second kappa shape index (κ2) is 4.85. The molecule has 96 valence electrons. The second-order valence-corrected chi connectivity index (χ2v) is 4.69. The Morgan fingerprint density at radius 3 is 3.11 bits per heavy atom. The molecule has 2 heterocycles. The van der Waals surface area contributed by atoms with E-state index < -0.39 is 0 Å². The van der Waals surface area contributed by atoms with Gasteiger partial charge < -0.3 is 10.5 Å². The number of ether oxygens (including phenoxy) is 1. The van der Waals surface area contributed by atoms with E-state index in [0.717, 1.165) is 6.54 Å². The Morgan fingerprint density at radius 1 is 1.33 bits per heavy atom. The standard InChI is InChI=1S/C11H16N6O/c12-4-8-2-1-3-9(8)7-18-11-6-13-5-10-14-15-16-17(10)11/h5-6,8-9H,1-4,7,12H2. The summed E-state index contributed by atoms with van der Waals surface area (Å²) in [6.45, 7) is 1.39. The summed E-state index contributed by atoms with van der Waals surface area (Å²) in [7, 11) is 0. The number of fused-ring (bicyclic) bond motifs is 1. The van der Waals surface area contributed by atoms with E-state index >= 15 is 0 Å². The summed E-state index contributed by atoms with van der Waals surface area (Å²) >= 11 is 0. The van der Waals surface area contributed by atoms with Crippen LogP contribution in [0.15, 0.2) is 12.4 Å². The minimum Gasteiger partial charge on any atom is -0.476 e. The van der Waals surface area contributed by atoms with Gasteiger partial charge in [0.05, 0.1) is 19.0 Å². The van der Waals surface area contributed by atoms with Crippen molar-refractivity contribution in [2.75, 3.05) is 13.2 Å². The Balaban J connectivity index is 1.71. The fraction of sp³-hybridized carbons (Fsp3) is 0.636. The van der Waals surface area contributed by atoms with Gasteiger partial charge in [-0.2, -0.15) is 4.52 Å². The van der Waals surface area contributed by atoms with Gasteiger partial charge >= 0.3 is 0 Å². The van der Waals surface area contributed by atoms with E-state index in [2.05, 4.69) is 20.5 Å². The lowest BCUT2D eigenvalue weighted by atomic mass is 9.97. The Kier molecular flexibility index (Phi) is 3.06. The normalized spacial score (nSPS) is 23.6. The molecule has 2 N–H and O–H groups in total. The second-order valence-electron chi connectivity index (χ2n) is 4.69. The minimum atomic E-state index is 0.529. The number of hydrogen-bond acceptors (Lipinski definition) is 6. The minimum absolute atomic E-state index is 0.529. The first-order chi connectivity index (χ1) is 8.88. The molecule has 0 bridgehead atoms. The van der Waals surface area contributed by atoms with Crippen LogP contribution < -0.4 is 10.5 Å². The van der Waals surface area contributed by atoms with Crippen LogP contribution in [0, 0.1) is 11.8 Å². The average Bonchev–Trinajstić information content (AvgIpc) is 3.04. The first-order valence-corrected chi connectivity index (χ1v) is 6.23. The number of nitrogens with two attached hydrogens (primary N) is 1. The summed E-state index contributed by atoms with van der Waals surface area (Å²) in [4.78, 5) is 4.06. The van der Waals surface area contributed by atoms with Crippen molar-refractivity contribution in [1.82, 2.24) is 25.0 Å². The van der Waals surface area contributed by atoms with Gasteiger partial charge in [0.2, 0.25) is 11.5 Å². The molecule has 0 amide bonds. The molecule has 1 aliphatic rings. The van der Waals surface area contributed by atoms with Crippen LogP contribution in [0.2, 0.25) is 0 Å². The van der Waals surface area contributed by atoms with Crippen molar-refractivity contribution in [3.05, 3.63) is 12.4 Å². The van der Waals surface area contributed by atoms with Crippen molar-refractivity contribution in [3.8, 4) is 5.88 Å². The summed E-state index contributed by atoms with van der Waals surface area (Å²) in [5, 5.41) is 11.3. The van der Waals surface area contributed by atoms with Gasteiger partial charge in [0.1, 0.15) is 0 Å². The van der Waals surface area contributed by atoms with Gasteiger partial charge in [0.15, 0.2) is 0 Å². The van der Waals surface area contributed by atoms with E-state index in [9.17, 15) is 0 Å². The lowest BCUT2D eigenvalue weighted by Gasteiger charge is -2.18. The maximum absolute atomic E-state index is 5.80. The fourth-order valence-electron chi connectivity index (χ4n) is 2.59. The van der Waals surface area contributed by atoms with Gasteiger partial charge in [-0.25, -0.2) is 0 Å². The molecule has 2 atom stereocenters. The average molecular weight is 248 g/mol. The van der Waals surface area contributed by atoms with Gasteiger partial charge in [-0.15, -0.1) is 5.10 Å². The van der Waals surface area contributed by atoms with Crippen LogP contribution in [0.5, 0.6) is 5.88 Å². The topological polar surface area (TPSA) is 91.2 Å². The van der Waals surface area contributed by atoms with Crippen molar-refractivity contribution in [1.29, 1.82) is 0 Å². The summed E-state index contributed by atoms with van der Waals surface area (Å²) in [6, 6.07) is 0. The molecule has 0 spiro atoms. The maximum Gasteiger partial charge on any atom is 0.237 e. The lowest BCUT2D eigenvalue weighted by molar-refractivity contribution is 0.205. The third-order valence-electron chi connectivity index (χ3n) is 3.64. The van der Waals surface area contributed by atoms with E-state index in [1.54, 1.807) is 16.9 Å². The summed E-state index contributed by atoms with van der Waals surface area (Å²) in [6.07, 6.45) is 6.86. The molecule has 7 heteroatoms. The predicted octanol–water partition coefficient (Wildman–Crippen LogP) is 0.273. The largest absolute Gasteiger partial charge is 0.476 e. The molecule has 0 aromatic carbocycles. The van der Waals surface area contributed by atoms with Crippen molar-refractivity contribution in [2.45, 2.75) is 19.3 Å². The van der Waals surface area contributed by atoms with E-state index in [4.69, 9.17) is 10.5 Å². The van der Waals surface area contributed by atoms with Crippen molar-refractivity contribution >= 4 is 5.65 Å². The third-order valence-corrected chi connectivity index (χ3v) is 3.64. The Morgan fingerprint density at radius 2 is 2.22 bits per heavy atom. The third kappa shape index (κ3) is 2.01. The molecule has 2 aromatic rings. The highest BCUT2D eigenvalue weighted by atomic mass is 16.5. The monoisotopic (exact) mass is 248 g/mol. The molecule has 0 saturated heterocycles. The quantitative estimate of drug-likeness (QED) is 0.835. The van der Waals surface area contributed by atoms with E-state index in [1.165, 1.54) is 19.3 Å². The number of hydrogen-bond donors (Lipinski definition) is 1. The maximum atomic E-state index is 5.80. The zero-order chi connectivity index (χ0) is 12.4. The predicted molar refractivity (Wildman–Crippen MR) is 64.0 cm³/mol. The highest BCUT2D eigenvalue weighted by Gasteiger charge is 2.26. The molecule has 3 rings (SSSR count). The molecule has 18 heavy (non-hydrogen) atoms. The zero-order valence-electron chi connectivity index (χ0n) is 10.1. The van der Waals surface area contributed by atoms with Crippen LogP contribution in [-0.2, 0) is 0 Å². The van der Waals surface area contributed by atoms with E-state index in [-0.39, 0.29) is 0 Å². The Labute approximate surface area is 104 Å². The number of rotatable bonds is 4. The molecule has 1 fully saturated rings. The molecular weight excluding hydrogens is 232 g/mol. The van der Waals surface area contributed by atoms with Crippen LogP contribution in [0.3, 0.4) is 0 Å². The Hall–Kier alpha value is -1.76. The molecule has 2 aromatic heterocycles. The molecule has 2 unspecified atom stereocenters. The smallest absolute Gasteiger partial charge is 0.237 e. The molecule has 0 aliphatic heterocycles. The highest BCUT2D eigenvalue weighted by molar-refractivity contribution is 5.34. The van der Waals surface area contributed by atoms with Crippen LogP contribution in [0.25, 0.3) is 5.65 Å². The summed E-state index contributed by atoms with van der Waals surface area (Å²) in [5.41, 5.74) is 6.35. The van der Waals surface area contributed by atoms with E-state index in [1.807, 2.05) is 0 Å². The van der Waals surface area contributed by atoms with Crippen molar-refractivity contribution in [2.24, 2.45) is 17.6 Å². The highest BCUT2D eigenvalue weighted by Crippen LogP contribution is 2.31. The fourth-order valence-corrected chi connectivity index (χ4v) is 2.59. The molecule has 1 aliphatic carbocycles. The van der Waals surface area contributed by atoms with Gasteiger partial charge in [-0.1, -0.05) is 6.42 Å². The molecular formula is C11H16N6O. The van der Waals surface area contributed by atoms with Gasteiger partial charge in [-0.3, -0.25) is 4.98 Å². The summed E-state index contributed by atoms with van der Waals surface area (Å²) in [5.74, 6) is 1.69. The first-order valence-electron chi connectivity index (χ1n) is 6.23. The SMILES string of the molecule is NCC1CCCC1COc1cncc2nnnn12. The van der Waals surface area contributed by atoms with Crippen molar-refractivity contribution in [3.63, 3.8) is 0 Å². The molecule has 7 nitrogen and oxygen atoms in total. The molecule has 1 saturated carbocycles. The number of tetrazole rings is 1. The van der Waals surface area contributed by atoms with Crippen molar-refractivity contribution < 1.29 is 4.74 Å². The van der Waals surface area contributed by atoms with E-state index in [0.29, 0.717) is 30.0 Å². The van der Waals surface area contributed by atoms with Crippen LogP contribution in [0.1, 0.15) is 19.3 Å². The first kappa shape index (κ1) is 11.3. The number of nitrogens with zero attached hydrogens (tertiary/aromatic N) is 5.